The van der Waals surface area contributed by atoms with Crippen LogP contribution in [0.2, 0.25) is 0 Å². The van der Waals surface area contributed by atoms with Crippen LogP contribution in [0.25, 0.3) is 199 Å². The third kappa shape index (κ3) is 14.6. The number of pyridine rings is 2. The summed E-state index contributed by atoms with van der Waals surface area (Å²) in [5.41, 5.74) is 29.7. The van der Waals surface area contributed by atoms with Gasteiger partial charge in [-0.2, -0.15) is 9.13 Å². The van der Waals surface area contributed by atoms with Gasteiger partial charge < -0.3 is 41.7 Å². The summed E-state index contributed by atoms with van der Waals surface area (Å²) in [5.74, 6) is -0.250. The van der Waals surface area contributed by atoms with Gasteiger partial charge in [-0.05, 0) is 223 Å². The van der Waals surface area contributed by atoms with E-state index in [1.54, 1.807) is 34.0 Å². The Morgan fingerprint density at radius 3 is 0.869 bits per heavy atom. The van der Waals surface area contributed by atoms with Gasteiger partial charge in [0.15, 0.2) is 41.5 Å². The maximum Gasteiger partial charge on any atom is 0.210 e. The van der Waals surface area contributed by atoms with Crippen LogP contribution in [0.1, 0.15) is 0 Å². The summed E-state index contributed by atoms with van der Waals surface area (Å²) in [4.78, 5) is 6.92. The van der Waals surface area contributed by atoms with Crippen molar-refractivity contribution in [3.05, 3.63) is 510 Å². The minimum absolute atomic E-state index is 0.250. The Balaban J connectivity index is 0.000000106. The van der Waals surface area contributed by atoms with E-state index >= 15 is 0 Å². The SMILES string of the molecule is Fc1ccc(-n2c3ccccc3c3cc(N(c4cc[n+](-c5ccccc5)cc4)c4ccc5c(c4)oc4c6ccccc6sc54)ccc32)cc1.c1ccc(-n2c3ccccc3c3cc(N(c4cc[n+](-c5ccccc5)cc4)c4ccc5c(c4)oc4c6ccccc6sc54)ccc32)cc1.c1ccc(N(c2ccc(-c3ccc4c(c3)c3ccccc3n4-c3ccccc3)cc2)c2ccc3c(c2)oc2c4ccccc4sc32)cc1. The van der Waals surface area contributed by atoms with Crippen molar-refractivity contribution < 1.29 is 26.8 Å². The highest BCUT2D eigenvalue weighted by molar-refractivity contribution is 7.27. The average molecular weight is 1920 g/mol. The van der Waals surface area contributed by atoms with Crippen molar-refractivity contribution in [2.75, 3.05) is 14.7 Å². The first-order valence-corrected chi connectivity index (χ1v) is 50.9. The number of para-hydroxylation sites is 8. The van der Waals surface area contributed by atoms with Gasteiger partial charge in [-0.25, -0.2) is 4.39 Å². The highest BCUT2D eigenvalue weighted by atomic mass is 32.1. The first-order valence-electron chi connectivity index (χ1n) is 48.5. The summed E-state index contributed by atoms with van der Waals surface area (Å²) in [6.07, 6.45) is 8.46. The van der Waals surface area contributed by atoms with Crippen molar-refractivity contribution >= 4 is 245 Å². The molecule has 0 aliphatic carbocycles. The standard InChI is InChI=1S/C44H28N2OS.C43H27FN3OS.C43H28N3OS/c1-3-11-31(12-4-1)45(34-24-25-36-41(28-34)47-43-37-16-8-10-18-42(37)48-44(36)43)33-22-19-29(20-23-33)30-21-26-40-38(27-30)35-15-7-9-17-39(35)46(40)32-13-5-2-6-14-32;44-28-14-16-30(17-15-28)47-38-12-6-4-10-34(38)37-26-32(19-21-39(37)47)46(31-22-24-45(25-23-31)29-8-2-1-3-9-29)33-18-20-35-40(27-33)48-42-36-11-5-7-13-41(36)49-43(35)42;1-3-11-29(12-4-1)44-25-23-31(24-26-44)45(33-19-21-35-40(28-33)47-42-36-16-8-10-18-41(36)48-43(35)42)32-20-22-39-37(27-32)34-15-7-9-17-38(34)46(39)30-13-5-2-6-14-30/h1-28H;1-27H;1-28H/q;2*+1. The summed E-state index contributed by atoms with van der Waals surface area (Å²) in [6, 6.07) is 168. The molecule has 0 N–H and O–H groups in total. The lowest BCUT2D eigenvalue weighted by Crippen LogP contribution is -2.29. The van der Waals surface area contributed by atoms with Crippen molar-refractivity contribution in [1.82, 2.24) is 13.7 Å². The zero-order valence-electron chi connectivity index (χ0n) is 77.8. The Labute approximate surface area is 842 Å². The Morgan fingerprint density at radius 2 is 0.476 bits per heavy atom. The van der Waals surface area contributed by atoms with Gasteiger partial charge in [-0.15, -0.1) is 34.0 Å². The molecule has 0 bridgehead atoms. The molecular weight excluding hydrogens is 1840 g/mol. The largest absolute Gasteiger partial charge is 0.454 e. The first-order chi connectivity index (χ1) is 71.8. The minimum Gasteiger partial charge on any atom is -0.454 e. The molecule has 0 atom stereocenters. The van der Waals surface area contributed by atoms with Crippen LogP contribution in [0, 0.1) is 5.82 Å². The number of nitrogens with zero attached hydrogens (tertiary/aromatic N) is 8. The van der Waals surface area contributed by atoms with Crippen LogP contribution >= 0.6 is 34.0 Å². The first kappa shape index (κ1) is 84.6. The van der Waals surface area contributed by atoms with Crippen molar-refractivity contribution in [1.29, 1.82) is 0 Å². The fraction of sp³-hybridized carbons (Fsp3) is 0. The molecule has 0 spiro atoms. The highest BCUT2D eigenvalue weighted by Gasteiger charge is 2.28. The zero-order chi connectivity index (χ0) is 95.7. The lowest BCUT2D eigenvalue weighted by atomic mass is 10.0. The molecule has 684 valence electrons. The number of rotatable bonds is 15. The number of thiophene rings is 3. The number of benzene rings is 19. The van der Waals surface area contributed by atoms with Crippen LogP contribution in [0.5, 0.6) is 0 Å². The minimum atomic E-state index is -0.250. The van der Waals surface area contributed by atoms with Crippen LogP contribution in [0.4, 0.5) is 55.6 Å². The van der Waals surface area contributed by atoms with Crippen LogP contribution in [0.15, 0.2) is 517 Å². The number of hydrogen-bond acceptors (Lipinski definition) is 9. The maximum absolute atomic E-state index is 13.9. The van der Waals surface area contributed by atoms with E-state index in [1.807, 2.05) is 42.5 Å². The molecule has 0 saturated carbocycles. The van der Waals surface area contributed by atoms with E-state index in [1.165, 1.54) is 112 Å². The topological polar surface area (TPSA) is 71.7 Å². The van der Waals surface area contributed by atoms with Crippen LogP contribution in [-0.4, -0.2) is 13.7 Å². The van der Waals surface area contributed by atoms with Gasteiger partial charge in [0.05, 0.1) is 58.6 Å². The van der Waals surface area contributed by atoms with Crippen molar-refractivity contribution in [3.8, 4) is 39.6 Å². The molecule has 0 unspecified atom stereocenters. The molecule has 0 amide bonds. The molecule has 30 aromatic rings. The van der Waals surface area contributed by atoms with Crippen molar-refractivity contribution in [3.63, 3.8) is 0 Å². The quantitative estimate of drug-likeness (QED) is 0.0953. The lowest BCUT2D eigenvalue weighted by Gasteiger charge is -2.25. The molecule has 0 aliphatic rings. The number of fused-ring (bicyclic) bond motifs is 24. The predicted octanol–water partition coefficient (Wildman–Crippen LogP) is 36.5. The van der Waals surface area contributed by atoms with Gasteiger partial charge >= 0.3 is 0 Å². The highest BCUT2D eigenvalue weighted by Crippen LogP contribution is 2.51. The second kappa shape index (κ2) is 35.1. The summed E-state index contributed by atoms with van der Waals surface area (Å²) in [5, 5.41) is 14.1. The molecule has 11 heterocycles. The van der Waals surface area contributed by atoms with E-state index < -0.39 is 0 Å². The van der Waals surface area contributed by atoms with Gasteiger partial charge in [-0.1, -0.05) is 200 Å². The van der Waals surface area contributed by atoms with Crippen molar-refractivity contribution in [2.45, 2.75) is 0 Å². The van der Waals surface area contributed by atoms with Gasteiger partial charge in [0.2, 0.25) is 11.4 Å². The molecule has 145 heavy (non-hydrogen) atoms. The van der Waals surface area contributed by atoms with Crippen molar-refractivity contribution in [2.24, 2.45) is 0 Å². The molecule has 0 aliphatic heterocycles. The molecule has 19 aromatic carbocycles. The third-order valence-corrected chi connectivity index (χ3v) is 31.6. The Bertz CT molecular complexity index is 10200. The Morgan fingerprint density at radius 1 is 0.200 bits per heavy atom. The van der Waals surface area contributed by atoms with E-state index in [9.17, 15) is 4.39 Å². The number of furan rings is 3. The molecule has 11 nitrogen and oxygen atoms in total. The zero-order valence-corrected chi connectivity index (χ0v) is 80.3. The number of halogens is 1. The second-order valence-electron chi connectivity index (χ2n) is 36.4. The van der Waals surface area contributed by atoms with E-state index in [0.29, 0.717) is 0 Å². The number of aromatic nitrogens is 5. The Kier molecular flexibility index (Phi) is 20.4. The van der Waals surface area contributed by atoms with Gasteiger partial charge in [0, 0.05) is 202 Å². The van der Waals surface area contributed by atoms with Gasteiger partial charge in [0.25, 0.3) is 0 Å². The fourth-order valence-electron chi connectivity index (χ4n) is 21.3. The van der Waals surface area contributed by atoms with Gasteiger partial charge in [0.1, 0.15) is 22.6 Å². The summed E-state index contributed by atoms with van der Waals surface area (Å²) in [7, 11) is 0. The lowest BCUT2D eigenvalue weighted by molar-refractivity contribution is -0.595. The molecule has 11 aromatic heterocycles. The summed E-state index contributed by atoms with van der Waals surface area (Å²) >= 11 is 5.37. The summed E-state index contributed by atoms with van der Waals surface area (Å²) < 4.78 is 52.1. The normalized spacial score (nSPS) is 11.8. The maximum atomic E-state index is 13.9. The molecule has 0 radical (unpaired) electrons. The molecule has 0 fully saturated rings. The number of hydrogen-bond donors (Lipinski definition) is 0. The van der Waals surface area contributed by atoms with Crippen LogP contribution < -0.4 is 23.8 Å². The molecule has 15 heteroatoms. The van der Waals surface area contributed by atoms with Crippen LogP contribution in [-0.2, 0) is 0 Å². The predicted molar refractivity (Wildman–Crippen MR) is 603 cm³/mol. The average Bonchev–Trinajstić information content (AvgIpc) is 1.61. The Hall–Kier alpha value is -18.5. The molecule has 0 saturated heterocycles. The fourth-order valence-corrected chi connectivity index (χ4v) is 24.8. The second-order valence-corrected chi connectivity index (χ2v) is 39.6. The number of anilines is 9. The third-order valence-electron chi connectivity index (χ3n) is 28.0. The smallest absolute Gasteiger partial charge is 0.210 e. The van der Waals surface area contributed by atoms with Crippen LogP contribution in [0.3, 0.4) is 0 Å². The van der Waals surface area contributed by atoms with E-state index in [0.717, 1.165) is 151 Å². The molecular formula is C130H83FN8O3S3+2. The van der Waals surface area contributed by atoms with Gasteiger partial charge in [-0.3, -0.25) is 0 Å². The summed E-state index contributed by atoms with van der Waals surface area (Å²) in [6.45, 7) is 0. The van der Waals surface area contributed by atoms with E-state index in [2.05, 4.69) is 487 Å². The van der Waals surface area contributed by atoms with E-state index in [-0.39, 0.29) is 5.82 Å². The molecule has 30 rings (SSSR count). The monoisotopic (exact) mass is 1920 g/mol. The van der Waals surface area contributed by atoms with E-state index in [4.69, 9.17) is 13.3 Å².